The summed E-state index contributed by atoms with van der Waals surface area (Å²) in [4.78, 5) is 0. The minimum absolute atomic E-state index is 0.725. The number of hydrogen-bond acceptors (Lipinski definition) is 1. The van der Waals surface area contributed by atoms with Gasteiger partial charge in [-0.1, -0.05) is 76.5 Å². The Labute approximate surface area is 131 Å². The van der Waals surface area contributed by atoms with Gasteiger partial charge in [0.15, 0.2) is 0 Å². The third-order valence-electron chi connectivity index (χ3n) is 5.07. The van der Waals surface area contributed by atoms with Crippen molar-refractivity contribution in [3.8, 4) is 0 Å². The van der Waals surface area contributed by atoms with Crippen LogP contribution in [0.3, 0.4) is 0 Å². The lowest BCUT2D eigenvalue weighted by Crippen LogP contribution is -2.09. The highest BCUT2D eigenvalue weighted by Crippen LogP contribution is 2.36. The van der Waals surface area contributed by atoms with Crippen LogP contribution in [0.2, 0.25) is 0 Å². The normalized spacial score (nSPS) is 16.2. The summed E-state index contributed by atoms with van der Waals surface area (Å²) < 4.78 is 0. The van der Waals surface area contributed by atoms with Gasteiger partial charge in [-0.05, 0) is 42.7 Å². The third-order valence-corrected chi connectivity index (χ3v) is 5.07. The van der Waals surface area contributed by atoms with Crippen molar-refractivity contribution in [1.29, 1.82) is 0 Å². The molecule has 0 bridgehead atoms. The van der Waals surface area contributed by atoms with E-state index in [1.807, 2.05) is 0 Å². The zero-order chi connectivity index (χ0) is 14.9. The molecule has 1 saturated carbocycles. The Balaban J connectivity index is 1.85. The molecule has 1 aliphatic carbocycles. The van der Waals surface area contributed by atoms with Crippen molar-refractivity contribution in [3.05, 3.63) is 29.3 Å². The number of rotatable bonds is 8. The molecule has 1 aliphatic rings. The quantitative estimate of drug-likeness (QED) is 0.446. The van der Waals surface area contributed by atoms with Gasteiger partial charge in [-0.3, -0.25) is 0 Å². The second-order valence-corrected chi connectivity index (χ2v) is 6.77. The maximum Gasteiger partial charge on any atom is 0.0381 e. The van der Waals surface area contributed by atoms with Gasteiger partial charge in [0, 0.05) is 5.69 Å². The van der Waals surface area contributed by atoms with E-state index in [1.165, 1.54) is 88.2 Å². The maximum atomic E-state index is 6.48. The molecule has 0 amide bonds. The highest BCUT2D eigenvalue weighted by Gasteiger charge is 2.18. The van der Waals surface area contributed by atoms with E-state index in [1.54, 1.807) is 0 Å². The maximum absolute atomic E-state index is 6.48. The monoisotopic (exact) mass is 287 g/mol. The van der Waals surface area contributed by atoms with Crippen LogP contribution in [0.15, 0.2) is 18.2 Å². The summed E-state index contributed by atoms with van der Waals surface area (Å²) in [5, 5.41) is 0. The smallest absolute Gasteiger partial charge is 0.0381 e. The minimum atomic E-state index is 0.725. The average Bonchev–Trinajstić information content (AvgIpc) is 2.53. The summed E-state index contributed by atoms with van der Waals surface area (Å²) in [7, 11) is 0. The molecule has 1 aromatic carbocycles. The zero-order valence-electron chi connectivity index (χ0n) is 13.9. The van der Waals surface area contributed by atoms with Crippen LogP contribution >= 0.6 is 0 Å². The predicted octanol–water partition coefficient (Wildman–Crippen LogP) is 6.22. The lowest BCUT2D eigenvalue weighted by molar-refractivity contribution is 0.444. The molecule has 1 fully saturated rings. The van der Waals surface area contributed by atoms with Gasteiger partial charge in [-0.2, -0.15) is 0 Å². The first-order valence-electron chi connectivity index (χ1n) is 9.20. The topological polar surface area (TPSA) is 26.0 Å². The molecule has 0 saturated heterocycles. The fraction of sp³-hybridized carbons (Fsp3) is 0.700. The second-order valence-electron chi connectivity index (χ2n) is 6.77. The second kappa shape index (κ2) is 9.12. The molecule has 1 nitrogen and oxygen atoms in total. The summed E-state index contributed by atoms with van der Waals surface area (Å²) in [6.45, 7) is 2.28. The molecule has 0 unspecified atom stereocenters. The fourth-order valence-electron chi connectivity index (χ4n) is 3.72. The molecule has 2 rings (SSSR count). The van der Waals surface area contributed by atoms with Crippen molar-refractivity contribution in [2.24, 2.45) is 0 Å². The van der Waals surface area contributed by atoms with Crippen LogP contribution in [0.4, 0.5) is 5.69 Å². The van der Waals surface area contributed by atoms with Gasteiger partial charge in [-0.25, -0.2) is 0 Å². The zero-order valence-corrected chi connectivity index (χ0v) is 13.9. The van der Waals surface area contributed by atoms with Gasteiger partial charge in [0.2, 0.25) is 0 Å². The lowest BCUT2D eigenvalue weighted by atomic mass is 9.82. The SMILES string of the molecule is CCCCCCCCc1cccc(C2CCCCC2)c1N. The van der Waals surface area contributed by atoms with Crippen molar-refractivity contribution in [3.63, 3.8) is 0 Å². The number of para-hydroxylation sites is 1. The van der Waals surface area contributed by atoms with E-state index in [2.05, 4.69) is 25.1 Å². The van der Waals surface area contributed by atoms with E-state index < -0.39 is 0 Å². The first kappa shape index (κ1) is 16.4. The van der Waals surface area contributed by atoms with Crippen LogP contribution in [-0.2, 0) is 6.42 Å². The van der Waals surface area contributed by atoms with Gasteiger partial charge < -0.3 is 5.73 Å². The summed E-state index contributed by atoms with van der Waals surface area (Å²) in [5.74, 6) is 0.725. The first-order chi connectivity index (χ1) is 10.3. The number of aryl methyl sites for hydroxylation is 1. The summed E-state index contributed by atoms with van der Waals surface area (Å²) in [5.41, 5.74) is 10.4. The van der Waals surface area contributed by atoms with Crippen molar-refractivity contribution in [2.45, 2.75) is 89.9 Å². The molecule has 0 radical (unpaired) electrons. The molecule has 0 atom stereocenters. The predicted molar refractivity (Wildman–Crippen MR) is 93.8 cm³/mol. The van der Waals surface area contributed by atoms with Crippen LogP contribution in [-0.4, -0.2) is 0 Å². The van der Waals surface area contributed by atoms with E-state index in [9.17, 15) is 0 Å². The molecular weight excluding hydrogens is 254 g/mol. The third kappa shape index (κ3) is 5.05. The highest BCUT2D eigenvalue weighted by molar-refractivity contribution is 5.55. The molecule has 0 heterocycles. The largest absolute Gasteiger partial charge is 0.398 e. The van der Waals surface area contributed by atoms with Crippen molar-refractivity contribution in [1.82, 2.24) is 0 Å². The van der Waals surface area contributed by atoms with Gasteiger partial charge in [0.1, 0.15) is 0 Å². The van der Waals surface area contributed by atoms with Crippen LogP contribution in [0.1, 0.15) is 94.6 Å². The standard InChI is InChI=1S/C20H33N/c1-2-3-4-5-6-8-14-18-15-11-16-19(20(18)21)17-12-9-7-10-13-17/h11,15-17H,2-10,12-14,21H2,1H3. The van der Waals surface area contributed by atoms with Crippen LogP contribution < -0.4 is 5.73 Å². The fourth-order valence-corrected chi connectivity index (χ4v) is 3.72. The number of anilines is 1. The number of benzene rings is 1. The summed E-state index contributed by atoms with van der Waals surface area (Å²) in [6.07, 6.45) is 16.2. The molecule has 0 spiro atoms. The van der Waals surface area contributed by atoms with E-state index in [-0.39, 0.29) is 0 Å². The van der Waals surface area contributed by atoms with Crippen LogP contribution in [0.5, 0.6) is 0 Å². The molecular formula is C20H33N. The number of nitrogens with two attached hydrogens (primary N) is 1. The van der Waals surface area contributed by atoms with Crippen molar-refractivity contribution < 1.29 is 0 Å². The van der Waals surface area contributed by atoms with Gasteiger partial charge >= 0.3 is 0 Å². The molecule has 1 heteroatoms. The van der Waals surface area contributed by atoms with Gasteiger partial charge in [-0.15, -0.1) is 0 Å². The lowest BCUT2D eigenvalue weighted by Gasteiger charge is -2.24. The highest BCUT2D eigenvalue weighted by atomic mass is 14.6. The minimum Gasteiger partial charge on any atom is -0.398 e. The van der Waals surface area contributed by atoms with Gasteiger partial charge in [0.05, 0.1) is 0 Å². The van der Waals surface area contributed by atoms with Crippen LogP contribution in [0.25, 0.3) is 0 Å². The number of unbranched alkanes of at least 4 members (excludes halogenated alkanes) is 5. The van der Waals surface area contributed by atoms with Crippen LogP contribution in [0, 0.1) is 0 Å². The Kier molecular flexibility index (Phi) is 7.12. The number of nitrogen functional groups attached to an aromatic ring is 1. The Morgan fingerprint density at radius 2 is 1.67 bits per heavy atom. The summed E-state index contributed by atoms with van der Waals surface area (Å²) in [6, 6.07) is 6.75. The van der Waals surface area contributed by atoms with Crippen molar-refractivity contribution in [2.75, 3.05) is 5.73 Å². The molecule has 0 aromatic heterocycles. The average molecular weight is 287 g/mol. The van der Waals surface area contributed by atoms with Gasteiger partial charge in [0.25, 0.3) is 0 Å². The number of hydrogen-bond donors (Lipinski definition) is 1. The first-order valence-corrected chi connectivity index (χ1v) is 9.20. The molecule has 2 N–H and O–H groups in total. The molecule has 0 aliphatic heterocycles. The molecule has 118 valence electrons. The molecule has 1 aromatic rings. The Morgan fingerprint density at radius 1 is 0.952 bits per heavy atom. The Morgan fingerprint density at radius 3 is 2.43 bits per heavy atom. The Hall–Kier alpha value is -0.980. The van der Waals surface area contributed by atoms with E-state index in [0.29, 0.717) is 0 Å². The Bertz CT molecular complexity index is 404. The van der Waals surface area contributed by atoms with Crippen molar-refractivity contribution >= 4 is 5.69 Å². The van der Waals surface area contributed by atoms with E-state index >= 15 is 0 Å². The van der Waals surface area contributed by atoms with E-state index in [0.717, 1.165) is 11.6 Å². The summed E-state index contributed by atoms with van der Waals surface area (Å²) >= 11 is 0. The molecule has 21 heavy (non-hydrogen) atoms. The van der Waals surface area contributed by atoms with E-state index in [4.69, 9.17) is 5.73 Å².